The molecule has 0 aromatic rings. The van der Waals surface area contributed by atoms with Crippen molar-refractivity contribution in [3.63, 3.8) is 0 Å². The van der Waals surface area contributed by atoms with Crippen LogP contribution in [-0.4, -0.2) is 48.5 Å². The summed E-state index contributed by atoms with van der Waals surface area (Å²) in [5.74, 6) is 0.206. The second kappa shape index (κ2) is 3.27. The van der Waals surface area contributed by atoms with Crippen molar-refractivity contribution in [2.75, 3.05) is 20.6 Å². The maximum Gasteiger partial charge on any atom is 0.251 e. The molecule has 4 nitrogen and oxygen atoms in total. The molecule has 1 saturated carbocycles. The number of rotatable bonds is 2. The number of nitrogens with one attached hydrogen (secondary N) is 1. The van der Waals surface area contributed by atoms with Crippen LogP contribution in [0.3, 0.4) is 0 Å². The van der Waals surface area contributed by atoms with Crippen LogP contribution in [-0.2, 0) is 4.79 Å². The van der Waals surface area contributed by atoms with Crippen molar-refractivity contribution in [1.29, 1.82) is 0 Å². The zero-order chi connectivity index (χ0) is 9.42. The number of hydrogen-bond donors (Lipinski definition) is 1. The van der Waals surface area contributed by atoms with Crippen LogP contribution in [0.25, 0.3) is 0 Å². The van der Waals surface area contributed by atoms with Gasteiger partial charge < -0.3 is 4.90 Å². The molecule has 4 heteroatoms. The van der Waals surface area contributed by atoms with Gasteiger partial charge in [0.2, 0.25) is 0 Å². The lowest BCUT2D eigenvalue weighted by Gasteiger charge is -2.28. The number of amides is 1. The van der Waals surface area contributed by atoms with E-state index in [1.54, 1.807) is 0 Å². The lowest BCUT2D eigenvalue weighted by molar-refractivity contribution is -0.136. The molecule has 2 fully saturated rings. The quantitative estimate of drug-likeness (QED) is 0.645. The Balaban J connectivity index is 1.91. The zero-order valence-corrected chi connectivity index (χ0v) is 8.29. The van der Waals surface area contributed by atoms with Gasteiger partial charge in [0.1, 0.15) is 0 Å². The minimum atomic E-state index is 0.206. The van der Waals surface area contributed by atoms with Crippen LogP contribution in [0.1, 0.15) is 19.3 Å². The fourth-order valence-electron chi connectivity index (χ4n) is 2.23. The van der Waals surface area contributed by atoms with Crippen molar-refractivity contribution in [1.82, 2.24) is 15.3 Å². The second-order valence-corrected chi connectivity index (χ2v) is 4.29. The van der Waals surface area contributed by atoms with Gasteiger partial charge in [0.05, 0.1) is 6.54 Å². The number of likely N-dealkylation sites (N-methyl/N-ethyl adjacent to an activating group) is 1. The minimum Gasteiger partial charge on any atom is -0.301 e. The first kappa shape index (κ1) is 8.97. The monoisotopic (exact) mass is 183 g/mol. The number of fused-ring (bicyclic) bond motifs is 2. The van der Waals surface area contributed by atoms with Crippen molar-refractivity contribution in [3.05, 3.63) is 0 Å². The van der Waals surface area contributed by atoms with Gasteiger partial charge in [-0.05, 0) is 33.4 Å². The summed E-state index contributed by atoms with van der Waals surface area (Å²) in [6.07, 6.45) is 3.56. The van der Waals surface area contributed by atoms with E-state index in [2.05, 4.69) is 5.43 Å². The van der Waals surface area contributed by atoms with Crippen molar-refractivity contribution < 1.29 is 4.79 Å². The van der Waals surface area contributed by atoms with E-state index in [1.807, 2.05) is 24.0 Å². The molecule has 1 saturated heterocycles. The molecule has 13 heavy (non-hydrogen) atoms. The molecule has 74 valence electrons. The van der Waals surface area contributed by atoms with E-state index in [-0.39, 0.29) is 5.91 Å². The highest BCUT2D eigenvalue weighted by Crippen LogP contribution is 2.29. The highest BCUT2D eigenvalue weighted by Gasteiger charge is 2.39. The normalized spacial score (nSPS) is 31.8. The fraction of sp³-hybridized carbons (Fsp3) is 0.889. The Morgan fingerprint density at radius 1 is 1.54 bits per heavy atom. The average molecular weight is 183 g/mol. The maximum atomic E-state index is 11.7. The molecule has 1 aliphatic carbocycles. The van der Waals surface area contributed by atoms with E-state index in [0.29, 0.717) is 18.6 Å². The first-order valence-corrected chi connectivity index (χ1v) is 4.90. The van der Waals surface area contributed by atoms with Crippen LogP contribution in [0.15, 0.2) is 0 Å². The smallest absolute Gasteiger partial charge is 0.251 e. The lowest BCUT2D eigenvalue weighted by atomic mass is 10.2. The van der Waals surface area contributed by atoms with Gasteiger partial charge in [-0.1, -0.05) is 0 Å². The van der Waals surface area contributed by atoms with Gasteiger partial charge in [0.25, 0.3) is 5.91 Å². The van der Waals surface area contributed by atoms with Crippen molar-refractivity contribution in [2.45, 2.75) is 31.3 Å². The Kier molecular flexibility index (Phi) is 2.26. The number of hydrogen-bond acceptors (Lipinski definition) is 3. The first-order chi connectivity index (χ1) is 6.16. The fourth-order valence-corrected chi connectivity index (χ4v) is 2.23. The number of carbonyl (C=O) groups is 1. The molecule has 2 bridgehead atoms. The van der Waals surface area contributed by atoms with Gasteiger partial charge >= 0.3 is 0 Å². The molecule has 1 heterocycles. The molecule has 2 rings (SSSR count). The highest BCUT2D eigenvalue weighted by molar-refractivity contribution is 5.78. The largest absolute Gasteiger partial charge is 0.301 e. The van der Waals surface area contributed by atoms with Crippen molar-refractivity contribution in [2.24, 2.45) is 0 Å². The van der Waals surface area contributed by atoms with E-state index in [4.69, 9.17) is 0 Å². The van der Waals surface area contributed by atoms with Crippen molar-refractivity contribution >= 4 is 5.91 Å². The molecule has 0 aromatic carbocycles. The van der Waals surface area contributed by atoms with Crippen LogP contribution < -0.4 is 5.43 Å². The number of carbonyl (C=O) groups excluding carboxylic acids is 1. The molecule has 0 spiro atoms. The Morgan fingerprint density at radius 3 is 2.77 bits per heavy atom. The third kappa shape index (κ3) is 1.69. The highest BCUT2D eigenvalue weighted by atomic mass is 16.2. The van der Waals surface area contributed by atoms with Crippen LogP contribution in [0, 0.1) is 0 Å². The van der Waals surface area contributed by atoms with E-state index >= 15 is 0 Å². The Morgan fingerprint density at radius 2 is 2.31 bits per heavy atom. The van der Waals surface area contributed by atoms with Gasteiger partial charge in [-0.25, -0.2) is 5.43 Å². The number of nitrogens with zero attached hydrogens (tertiary/aromatic N) is 2. The molecule has 1 N–H and O–H groups in total. The summed E-state index contributed by atoms with van der Waals surface area (Å²) < 4.78 is 0. The molecule has 1 aliphatic heterocycles. The Bertz CT molecular complexity index is 217. The summed E-state index contributed by atoms with van der Waals surface area (Å²) in [5, 5.41) is 1.84. The predicted octanol–water partition coefficient (Wildman–Crippen LogP) is -0.184. The average Bonchev–Trinajstić information content (AvgIpc) is 2.62. The molecular weight excluding hydrogens is 166 g/mol. The summed E-state index contributed by atoms with van der Waals surface area (Å²) >= 11 is 0. The SMILES string of the molecule is CN(C)CC(=O)N1NC2CCC1C2. The Hall–Kier alpha value is -0.610. The van der Waals surface area contributed by atoms with Gasteiger partial charge in [-0.3, -0.25) is 9.80 Å². The molecule has 1 amide bonds. The lowest BCUT2D eigenvalue weighted by Crippen LogP contribution is -2.50. The standard InChI is InChI=1S/C9H17N3O/c1-11(2)6-9(13)12-8-4-3-7(5-8)10-12/h7-8,10H,3-6H2,1-2H3. The van der Waals surface area contributed by atoms with Crippen molar-refractivity contribution in [3.8, 4) is 0 Å². The molecule has 0 radical (unpaired) electrons. The number of hydrazine groups is 1. The minimum absolute atomic E-state index is 0.206. The maximum absolute atomic E-state index is 11.7. The summed E-state index contributed by atoms with van der Waals surface area (Å²) in [6, 6.07) is 1.04. The first-order valence-electron chi connectivity index (χ1n) is 4.90. The molecule has 2 aliphatic rings. The predicted molar refractivity (Wildman–Crippen MR) is 50.0 cm³/mol. The Labute approximate surface area is 78.8 Å². The third-order valence-corrected chi connectivity index (χ3v) is 2.81. The topological polar surface area (TPSA) is 35.6 Å². The molecule has 2 unspecified atom stereocenters. The summed E-state index contributed by atoms with van der Waals surface area (Å²) in [6.45, 7) is 0.510. The van der Waals surface area contributed by atoms with E-state index in [0.717, 1.165) is 6.42 Å². The summed E-state index contributed by atoms with van der Waals surface area (Å²) in [7, 11) is 3.85. The van der Waals surface area contributed by atoms with Gasteiger partial charge in [0.15, 0.2) is 0 Å². The van der Waals surface area contributed by atoms with Crippen LogP contribution in [0.4, 0.5) is 0 Å². The summed E-state index contributed by atoms with van der Waals surface area (Å²) in [4.78, 5) is 13.6. The summed E-state index contributed by atoms with van der Waals surface area (Å²) in [5.41, 5.74) is 3.25. The van der Waals surface area contributed by atoms with Gasteiger partial charge in [-0.15, -0.1) is 0 Å². The van der Waals surface area contributed by atoms with Crippen LogP contribution in [0.2, 0.25) is 0 Å². The van der Waals surface area contributed by atoms with E-state index < -0.39 is 0 Å². The third-order valence-electron chi connectivity index (χ3n) is 2.81. The van der Waals surface area contributed by atoms with Gasteiger partial charge in [-0.2, -0.15) is 0 Å². The van der Waals surface area contributed by atoms with E-state index in [9.17, 15) is 4.79 Å². The van der Waals surface area contributed by atoms with Gasteiger partial charge in [0, 0.05) is 12.1 Å². The van der Waals surface area contributed by atoms with E-state index in [1.165, 1.54) is 12.8 Å². The van der Waals surface area contributed by atoms with Crippen LogP contribution in [0.5, 0.6) is 0 Å². The molecule has 2 atom stereocenters. The molecular formula is C9H17N3O. The zero-order valence-electron chi connectivity index (χ0n) is 8.29. The second-order valence-electron chi connectivity index (χ2n) is 4.29. The van der Waals surface area contributed by atoms with Crippen LogP contribution >= 0.6 is 0 Å². The molecule has 0 aromatic heterocycles.